The number of hydrogen-bond acceptors (Lipinski definition) is 3. The average Bonchev–Trinajstić information content (AvgIpc) is 2.45. The van der Waals surface area contributed by atoms with E-state index in [1.807, 2.05) is 4.90 Å². The van der Waals surface area contributed by atoms with Crippen LogP contribution in [0.5, 0.6) is 0 Å². The predicted octanol–water partition coefficient (Wildman–Crippen LogP) is 0.885. The maximum atomic E-state index is 12.0. The van der Waals surface area contributed by atoms with Gasteiger partial charge in [0.15, 0.2) is 0 Å². The van der Waals surface area contributed by atoms with Crippen molar-refractivity contribution in [2.24, 2.45) is 0 Å². The van der Waals surface area contributed by atoms with E-state index >= 15 is 0 Å². The first-order valence-corrected chi connectivity index (χ1v) is 6.27. The molecule has 0 spiro atoms. The van der Waals surface area contributed by atoms with Gasteiger partial charge in [0, 0.05) is 6.54 Å². The summed E-state index contributed by atoms with van der Waals surface area (Å²) in [4.78, 5) is 16.2. The molecule has 1 saturated heterocycles. The van der Waals surface area contributed by atoms with E-state index in [-0.39, 0.29) is 18.1 Å². The Labute approximate surface area is 99.0 Å². The topological polar surface area (TPSA) is 35.6 Å². The maximum Gasteiger partial charge on any atom is 0.241 e. The van der Waals surface area contributed by atoms with E-state index in [1.165, 1.54) is 0 Å². The molecule has 1 N–H and O–H groups in total. The van der Waals surface area contributed by atoms with Crippen molar-refractivity contribution in [3.63, 3.8) is 0 Å². The van der Waals surface area contributed by atoms with Crippen LogP contribution in [0.15, 0.2) is 0 Å². The van der Waals surface area contributed by atoms with Crippen LogP contribution in [0.25, 0.3) is 0 Å². The van der Waals surface area contributed by atoms with E-state index in [9.17, 15) is 4.79 Å². The summed E-state index contributed by atoms with van der Waals surface area (Å²) in [6.07, 6.45) is 3.25. The normalized spacial score (nSPS) is 25.8. The summed E-state index contributed by atoms with van der Waals surface area (Å²) in [6, 6.07) is 0.0550. The van der Waals surface area contributed by atoms with Crippen LogP contribution in [-0.2, 0) is 4.79 Å². The minimum absolute atomic E-state index is 0.0550. The molecule has 94 valence electrons. The Balaban J connectivity index is 2.38. The molecule has 0 aliphatic carbocycles. The number of nitrogens with zero attached hydrogens (tertiary/aromatic N) is 2. The Morgan fingerprint density at radius 2 is 2.12 bits per heavy atom. The van der Waals surface area contributed by atoms with E-state index in [0.29, 0.717) is 0 Å². The van der Waals surface area contributed by atoms with Crippen molar-refractivity contribution in [3.8, 4) is 0 Å². The predicted molar refractivity (Wildman–Crippen MR) is 66.2 cm³/mol. The molecule has 1 rings (SSSR count). The van der Waals surface area contributed by atoms with Gasteiger partial charge in [-0.3, -0.25) is 10.1 Å². The number of hydrogen-bond donors (Lipinski definition) is 1. The molecule has 4 nitrogen and oxygen atoms in total. The highest BCUT2D eigenvalue weighted by Gasteiger charge is 2.34. The molecule has 0 radical (unpaired) electrons. The Morgan fingerprint density at radius 1 is 1.44 bits per heavy atom. The molecule has 16 heavy (non-hydrogen) atoms. The van der Waals surface area contributed by atoms with Crippen LogP contribution in [0.4, 0.5) is 0 Å². The Morgan fingerprint density at radius 3 is 2.69 bits per heavy atom. The molecule has 0 aromatic rings. The number of carbonyl (C=O) groups is 1. The second-order valence-corrected chi connectivity index (χ2v) is 4.87. The molecule has 1 amide bonds. The summed E-state index contributed by atoms with van der Waals surface area (Å²) in [6.45, 7) is 6.10. The first-order chi connectivity index (χ1) is 7.56. The zero-order valence-corrected chi connectivity index (χ0v) is 11.0. The molecular weight excluding hydrogens is 202 g/mol. The first kappa shape index (κ1) is 13.5. The standard InChI is InChI=1S/C12H25N3O/c1-5-7-11-12(16)15(10(2)13-11)9-6-8-14(3)4/h10-11,13H,5-9H2,1-4H3. The van der Waals surface area contributed by atoms with Gasteiger partial charge in [0.1, 0.15) is 0 Å². The Kier molecular flexibility index (Phi) is 5.22. The lowest BCUT2D eigenvalue weighted by Gasteiger charge is -2.21. The molecule has 1 aliphatic rings. The first-order valence-electron chi connectivity index (χ1n) is 6.27. The monoisotopic (exact) mass is 227 g/mol. The SMILES string of the molecule is CCCC1NC(C)N(CCCN(C)C)C1=O. The number of amides is 1. The van der Waals surface area contributed by atoms with Gasteiger partial charge in [-0.1, -0.05) is 13.3 Å². The summed E-state index contributed by atoms with van der Waals surface area (Å²) in [5, 5.41) is 3.36. The Bertz CT molecular complexity index is 230. The van der Waals surface area contributed by atoms with Crippen LogP contribution < -0.4 is 5.32 Å². The van der Waals surface area contributed by atoms with Crippen molar-refractivity contribution in [3.05, 3.63) is 0 Å². The lowest BCUT2D eigenvalue weighted by Crippen LogP contribution is -2.36. The number of rotatable bonds is 6. The molecule has 2 unspecified atom stereocenters. The van der Waals surface area contributed by atoms with Crippen molar-refractivity contribution in [1.82, 2.24) is 15.1 Å². The second kappa shape index (κ2) is 6.21. The highest BCUT2D eigenvalue weighted by Crippen LogP contribution is 2.14. The van der Waals surface area contributed by atoms with Gasteiger partial charge in [-0.15, -0.1) is 0 Å². The summed E-state index contributed by atoms with van der Waals surface area (Å²) < 4.78 is 0. The van der Waals surface area contributed by atoms with E-state index in [0.717, 1.165) is 32.4 Å². The maximum absolute atomic E-state index is 12.0. The molecule has 0 aromatic heterocycles. The van der Waals surface area contributed by atoms with Crippen LogP contribution in [0.3, 0.4) is 0 Å². The van der Waals surface area contributed by atoms with Crippen LogP contribution in [0.2, 0.25) is 0 Å². The van der Waals surface area contributed by atoms with Gasteiger partial charge in [0.05, 0.1) is 12.2 Å². The quantitative estimate of drug-likeness (QED) is 0.732. The van der Waals surface area contributed by atoms with Gasteiger partial charge >= 0.3 is 0 Å². The smallest absolute Gasteiger partial charge is 0.241 e. The third-order valence-corrected chi connectivity index (χ3v) is 3.07. The van der Waals surface area contributed by atoms with Gasteiger partial charge in [-0.05, 0) is 40.4 Å². The van der Waals surface area contributed by atoms with Crippen LogP contribution >= 0.6 is 0 Å². The number of nitrogens with one attached hydrogen (secondary N) is 1. The van der Waals surface area contributed by atoms with Gasteiger partial charge in [0.25, 0.3) is 0 Å². The molecule has 4 heteroatoms. The lowest BCUT2D eigenvalue weighted by molar-refractivity contribution is -0.130. The van der Waals surface area contributed by atoms with E-state index in [1.54, 1.807) is 0 Å². The fraction of sp³-hybridized carbons (Fsp3) is 0.917. The summed E-state index contributed by atoms with van der Waals surface area (Å²) in [5.41, 5.74) is 0. The minimum atomic E-state index is 0.0550. The van der Waals surface area contributed by atoms with Crippen molar-refractivity contribution in [2.45, 2.75) is 45.3 Å². The van der Waals surface area contributed by atoms with Gasteiger partial charge < -0.3 is 9.80 Å². The van der Waals surface area contributed by atoms with Gasteiger partial charge in [-0.2, -0.15) is 0 Å². The highest BCUT2D eigenvalue weighted by molar-refractivity contribution is 5.84. The molecule has 0 bridgehead atoms. The second-order valence-electron chi connectivity index (χ2n) is 4.87. The van der Waals surface area contributed by atoms with E-state index in [2.05, 4.69) is 38.2 Å². The highest BCUT2D eigenvalue weighted by atomic mass is 16.2. The molecular formula is C12H25N3O. The number of carbonyl (C=O) groups excluding carboxylic acids is 1. The van der Waals surface area contributed by atoms with Crippen molar-refractivity contribution < 1.29 is 4.79 Å². The molecule has 0 saturated carbocycles. The molecule has 1 fully saturated rings. The lowest BCUT2D eigenvalue weighted by atomic mass is 10.1. The van der Waals surface area contributed by atoms with Crippen LogP contribution in [-0.4, -0.2) is 55.1 Å². The molecule has 1 aliphatic heterocycles. The van der Waals surface area contributed by atoms with Gasteiger partial charge in [0.2, 0.25) is 5.91 Å². The zero-order chi connectivity index (χ0) is 12.1. The minimum Gasteiger partial charge on any atom is -0.326 e. The van der Waals surface area contributed by atoms with Crippen molar-refractivity contribution in [1.29, 1.82) is 0 Å². The molecule has 0 aromatic carbocycles. The molecule has 1 heterocycles. The van der Waals surface area contributed by atoms with Crippen molar-refractivity contribution in [2.75, 3.05) is 27.2 Å². The summed E-state index contributed by atoms with van der Waals surface area (Å²) >= 11 is 0. The van der Waals surface area contributed by atoms with Crippen LogP contribution in [0, 0.1) is 0 Å². The third-order valence-electron chi connectivity index (χ3n) is 3.07. The summed E-state index contributed by atoms with van der Waals surface area (Å²) in [7, 11) is 4.13. The summed E-state index contributed by atoms with van der Waals surface area (Å²) in [5.74, 6) is 0.285. The van der Waals surface area contributed by atoms with Crippen molar-refractivity contribution >= 4 is 5.91 Å². The molecule has 2 atom stereocenters. The van der Waals surface area contributed by atoms with E-state index < -0.39 is 0 Å². The van der Waals surface area contributed by atoms with Crippen LogP contribution in [0.1, 0.15) is 33.1 Å². The fourth-order valence-corrected chi connectivity index (χ4v) is 2.20. The third kappa shape index (κ3) is 3.46. The Hall–Kier alpha value is -0.610. The average molecular weight is 227 g/mol. The fourth-order valence-electron chi connectivity index (χ4n) is 2.20. The van der Waals surface area contributed by atoms with E-state index in [4.69, 9.17) is 0 Å². The zero-order valence-electron chi connectivity index (χ0n) is 11.0. The largest absolute Gasteiger partial charge is 0.326 e. The van der Waals surface area contributed by atoms with Gasteiger partial charge in [-0.25, -0.2) is 0 Å².